The zero-order chi connectivity index (χ0) is 8.91. The molecular weight excluding hydrogens is 142 g/mol. The predicted molar refractivity (Wildman–Crippen MR) is 44.1 cm³/mol. The minimum Gasteiger partial charge on any atom is -0.464 e. The van der Waals surface area contributed by atoms with Crippen LogP contribution in [-0.4, -0.2) is 18.1 Å². The number of esters is 1. The number of nitrogens with two attached hydrogens (primary N) is 1. The molecule has 2 N–H and O–H groups in total. The third-order valence-electron chi connectivity index (χ3n) is 1.64. The third-order valence-corrected chi connectivity index (χ3v) is 1.64. The fraction of sp³-hybridized carbons (Fsp3) is 0.875. The molecule has 0 radical (unpaired) electrons. The molecule has 0 aromatic heterocycles. The van der Waals surface area contributed by atoms with Crippen LogP contribution in [0.4, 0.5) is 0 Å². The molecule has 0 amide bonds. The van der Waals surface area contributed by atoms with Crippen molar-refractivity contribution in [3.63, 3.8) is 0 Å². The Morgan fingerprint density at radius 3 is 2.45 bits per heavy atom. The van der Waals surface area contributed by atoms with Gasteiger partial charge >= 0.3 is 5.97 Å². The fourth-order valence-corrected chi connectivity index (χ4v) is 0.504. The number of hydrogen-bond donors (Lipinski definition) is 1. The minimum absolute atomic E-state index is 0.304. The van der Waals surface area contributed by atoms with Crippen LogP contribution in [0.1, 0.15) is 33.6 Å². The van der Waals surface area contributed by atoms with Crippen LogP contribution in [0.15, 0.2) is 0 Å². The Hall–Kier alpha value is -0.570. The molecule has 0 aromatic rings. The minimum atomic E-state index is -0.810. The highest BCUT2D eigenvalue weighted by atomic mass is 16.5. The van der Waals surface area contributed by atoms with Crippen molar-refractivity contribution >= 4 is 5.97 Å². The number of carbonyl (C=O) groups excluding carboxylic acids is 1. The molecule has 1 unspecified atom stereocenters. The average Bonchev–Trinajstić information content (AvgIpc) is 2.00. The molecule has 0 heterocycles. The highest BCUT2D eigenvalue weighted by Gasteiger charge is 2.27. The van der Waals surface area contributed by atoms with Gasteiger partial charge in [-0.2, -0.15) is 0 Å². The second-order valence-corrected chi connectivity index (χ2v) is 2.91. The Labute approximate surface area is 67.9 Å². The molecule has 0 bridgehead atoms. The molecule has 0 aromatic carbocycles. The highest BCUT2D eigenvalue weighted by Crippen LogP contribution is 2.06. The lowest BCUT2D eigenvalue weighted by atomic mass is 10.0. The summed E-state index contributed by atoms with van der Waals surface area (Å²) in [7, 11) is 0. The molecule has 0 aliphatic heterocycles. The molecule has 0 fully saturated rings. The Morgan fingerprint density at radius 2 is 2.09 bits per heavy atom. The van der Waals surface area contributed by atoms with Crippen molar-refractivity contribution < 1.29 is 9.53 Å². The van der Waals surface area contributed by atoms with E-state index < -0.39 is 5.54 Å². The monoisotopic (exact) mass is 159 g/mol. The van der Waals surface area contributed by atoms with Gasteiger partial charge in [-0.05, 0) is 19.8 Å². The smallest absolute Gasteiger partial charge is 0.325 e. The zero-order valence-electron chi connectivity index (χ0n) is 7.52. The summed E-state index contributed by atoms with van der Waals surface area (Å²) in [6, 6.07) is 0. The fourth-order valence-electron chi connectivity index (χ4n) is 0.504. The molecule has 0 aliphatic carbocycles. The second kappa shape index (κ2) is 4.34. The quantitative estimate of drug-likeness (QED) is 0.624. The standard InChI is InChI=1S/C8H17NO2/c1-4-6-11-7(10)8(3,9)5-2/h4-6,9H2,1-3H3. The summed E-state index contributed by atoms with van der Waals surface area (Å²) in [5.74, 6) is -0.304. The van der Waals surface area contributed by atoms with Gasteiger partial charge in [0.05, 0.1) is 6.61 Å². The molecule has 0 saturated heterocycles. The SMILES string of the molecule is CCCOC(=O)C(C)(N)CC. The van der Waals surface area contributed by atoms with E-state index >= 15 is 0 Å². The van der Waals surface area contributed by atoms with Crippen LogP contribution in [0.2, 0.25) is 0 Å². The van der Waals surface area contributed by atoms with Crippen molar-refractivity contribution in [1.29, 1.82) is 0 Å². The maximum atomic E-state index is 11.1. The van der Waals surface area contributed by atoms with Crippen LogP contribution in [-0.2, 0) is 9.53 Å². The van der Waals surface area contributed by atoms with Crippen LogP contribution < -0.4 is 5.73 Å². The lowest BCUT2D eigenvalue weighted by Crippen LogP contribution is -2.45. The van der Waals surface area contributed by atoms with Gasteiger partial charge in [-0.25, -0.2) is 0 Å². The molecule has 0 saturated carbocycles. The van der Waals surface area contributed by atoms with E-state index in [4.69, 9.17) is 10.5 Å². The maximum Gasteiger partial charge on any atom is 0.325 e. The summed E-state index contributed by atoms with van der Waals surface area (Å²) in [6.45, 7) is 5.97. The van der Waals surface area contributed by atoms with Gasteiger partial charge in [0.15, 0.2) is 0 Å². The summed E-state index contributed by atoms with van der Waals surface area (Å²) in [5.41, 5.74) is 4.82. The lowest BCUT2D eigenvalue weighted by molar-refractivity contribution is -0.149. The second-order valence-electron chi connectivity index (χ2n) is 2.91. The van der Waals surface area contributed by atoms with Crippen molar-refractivity contribution in [2.24, 2.45) is 5.73 Å². The van der Waals surface area contributed by atoms with Crippen LogP contribution >= 0.6 is 0 Å². The van der Waals surface area contributed by atoms with Crippen molar-refractivity contribution in [2.45, 2.75) is 39.2 Å². The van der Waals surface area contributed by atoms with E-state index in [0.717, 1.165) is 6.42 Å². The molecule has 3 heteroatoms. The molecule has 66 valence electrons. The zero-order valence-corrected chi connectivity index (χ0v) is 7.52. The first kappa shape index (κ1) is 10.4. The van der Waals surface area contributed by atoms with Crippen LogP contribution in [0.25, 0.3) is 0 Å². The number of rotatable bonds is 4. The Morgan fingerprint density at radius 1 is 1.55 bits per heavy atom. The van der Waals surface area contributed by atoms with E-state index in [2.05, 4.69) is 0 Å². The van der Waals surface area contributed by atoms with Crippen LogP contribution in [0.5, 0.6) is 0 Å². The van der Waals surface area contributed by atoms with Gasteiger partial charge in [-0.15, -0.1) is 0 Å². The van der Waals surface area contributed by atoms with Gasteiger partial charge in [0, 0.05) is 0 Å². The number of hydrogen-bond acceptors (Lipinski definition) is 3. The van der Waals surface area contributed by atoms with E-state index in [1.54, 1.807) is 6.92 Å². The van der Waals surface area contributed by atoms with Gasteiger partial charge in [-0.1, -0.05) is 13.8 Å². The van der Waals surface area contributed by atoms with Crippen LogP contribution in [0.3, 0.4) is 0 Å². The number of ether oxygens (including phenoxy) is 1. The van der Waals surface area contributed by atoms with E-state index in [0.29, 0.717) is 13.0 Å². The van der Waals surface area contributed by atoms with Gasteiger partial charge in [0.1, 0.15) is 5.54 Å². The summed E-state index contributed by atoms with van der Waals surface area (Å²) < 4.78 is 4.88. The molecular formula is C8H17NO2. The average molecular weight is 159 g/mol. The summed E-state index contributed by atoms with van der Waals surface area (Å²) in [6.07, 6.45) is 1.45. The van der Waals surface area contributed by atoms with E-state index in [9.17, 15) is 4.79 Å². The van der Waals surface area contributed by atoms with Gasteiger partial charge in [-0.3, -0.25) is 4.79 Å². The summed E-state index contributed by atoms with van der Waals surface area (Å²) in [5, 5.41) is 0. The van der Waals surface area contributed by atoms with Gasteiger partial charge in [0.25, 0.3) is 0 Å². The van der Waals surface area contributed by atoms with Gasteiger partial charge < -0.3 is 10.5 Å². The molecule has 0 aliphatic rings. The van der Waals surface area contributed by atoms with E-state index in [1.165, 1.54) is 0 Å². The van der Waals surface area contributed by atoms with Crippen molar-refractivity contribution in [1.82, 2.24) is 0 Å². The molecule has 0 rings (SSSR count). The largest absolute Gasteiger partial charge is 0.464 e. The topological polar surface area (TPSA) is 52.3 Å². The summed E-state index contributed by atoms with van der Waals surface area (Å²) in [4.78, 5) is 11.1. The first-order chi connectivity index (χ1) is 5.04. The summed E-state index contributed by atoms with van der Waals surface area (Å²) >= 11 is 0. The lowest BCUT2D eigenvalue weighted by Gasteiger charge is -2.19. The first-order valence-corrected chi connectivity index (χ1v) is 4.00. The van der Waals surface area contributed by atoms with Crippen molar-refractivity contribution in [3.05, 3.63) is 0 Å². The molecule has 3 nitrogen and oxygen atoms in total. The predicted octanol–water partition coefficient (Wildman–Crippen LogP) is 1.07. The Balaban J connectivity index is 3.82. The molecule has 1 atom stereocenters. The van der Waals surface area contributed by atoms with E-state index in [-0.39, 0.29) is 5.97 Å². The third kappa shape index (κ3) is 3.37. The van der Waals surface area contributed by atoms with Gasteiger partial charge in [0.2, 0.25) is 0 Å². The Bertz CT molecular complexity index is 132. The van der Waals surface area contributed by atoms with Crippen molar-refractivity contribution in [2.75, 3.05) is 6.61 Å². The van der Waals surface area contributed by atoms with E-state index in [1.807, 2.05) is 13.8 Å². The Kier molecular flexibility index (Phi) is 4.11. The van der Waals surface area contributed by atoms with Crippen molar-refractivity contribution in [3.8, 4) is 0 Å². The molecule has 11 heavy (non-hydrogen) atoms. The van der Waals surface area contributed by atoms with Crippen LogP contribution in [0, 0.1) is 0 Å². The first-order valence-electron chi connectivity index (χ1n) is 4.00. The normalized spacial score (nSPS) is 15.6. The number of carbonyl (C=O) groups is 1. The molecule has 0 spiro atoms. The highest BCUT2D eigenvalue weighted by molar-refractivity contribution is 5.79. The maximum absolute atomic E-state index is 11.1.